The van der Waals surface area contributed by atoms with Crippen molar-refractivity contribution in [1.29, 1.82) is 0 Å². The van der Waals surface area contributed by atoms with Crippen LogP contribution in [0.2, 0.25) is 0 Å². The van der Waals surface area contributed by atoms with Gasteiger partial charge in [-0.25, -0.2) is 18.1 Å². The molecule has 0 unspecified atom stereocenters. The zero-order valence-electron chi connectivity index (χ0n) is 16.7. The second-order valence-electron chi connectivity index (χ2n) is 8.50. The second-order valence-corrected chi connectivity index (χ2v) is 12.1. The van der Waals surface area contributed by atoms with E-state index in [-0.39, 0.29) is 0 Å². The molecule has 2 N–H and O–H groups in total. The van der Waals surface area contributed by atoms with Crippen molar-refractivity contribution < 1.29 is 8.42 Å². The lowest BCUT2D eigenvalue weighted by atomic mass is 9.86. The molecule has 1 saturated carbocycles. The first-order valence-electron chi connectivity index (χ1n) is 9.83. The van der Waals surface area contributed by atoms with Gasteiger partial charge < -0.3 is 5.32 Å². The van der Waals surface area contributed by atoms with Crippen LogP contribution in [0.5, 0.6) is 0 Å². The normalized spacial score (nSPS) is 21.5. The molecule has 3 rings (SSSR count). The molecule has 0 bridgehead atoms. The maximum absolute atomic E-state index is 12.2. The Morgan fingerprint density at radius 1 is 1.19 bits per heavy atom. The molecule has 1 fully saturated rings. The number of nitrogens with one attached hydrogen (secondary N) is 2. The zero-order valence-corrected chi connectivity index (χ0v) is 18.3. The zero-order chi connectivity index (χ0) is 19.7. The van der Waals surface area contributed by atoms with Gasteiger partial charge in [-0.1, -0.05) is 24.3 Å². The van der Waals surface area contributed by atoms with E-state index in [2.05, 4.69) is 35.2 Å². The Morgan fingerprint density at radius 3 is 2.52 bits per heavy atom. The number of thiazole rings is 1. The molecule has 0 atom stereocenters. The minimum absolute atomic E-state index is 0.419. The van der Waals surface area contributed by atoms with Gasteiger partial charge in [0.25, 0.3) is 0 Å². The molecular formula is C20H31N3O2S2. The largest absolute Gasteiger partial charge is 0.359 e. The molecule has 1 aromatic heterocycles. The summed E-state index contributed by atoms with van der Waals surface area (Å²) in [4.78, 5) is 4.71. The summed E-state index contributed by atoms with van der Waals surface area (Å²) >= 11 is 1.72. The molecule has 1 aliphatic carbocycles. The first kappa shape index (κ1) is 20.6. The molecule has 0 aliphatic heterocycles. The smallest absolute Gasteiger partial charge is 0.216 e. The van der Waals surface area contributed by atoms with Gasteiger partial charge >= 0.3 is 0 Å². The maximum atomic E-state index is 12.2. The summed E-state index contributed by atoms with van der Waals surface area (Å²) in [5, 5.41) is 4.59. The maximum Gasteiger partial charge on any atom is 0.216 e. The first-order valence-corrected chi connectivity index (χ1v) is 12.1. The summed E-state index contributed by atoms with van der Waals surface area (Å²) in [5.41, 5.74) is 2.40. The molecule has 1 heterocycles. The van der Waals surface area contributed by atoms with Crippen molar-refractivity contribution in [2.45, 2.75) is 70.6 Å². The van der Waals surface area contributed by atoms with Crippen molar-refractivity contribution in [3.05, 3.63) is 23.8 Å². The second kappa shape index (κ2) is 8.05. The Kier molecular flexibility index (Phi) is 6.13. The summed E-state index contributed by atoms with van der Waals surface area (Å²) in [5.74, 6) is 0.419. The van der Waals surface area contributed by atoms with Crippen molar-refractivity contribution in [2.24, 2.45) is 5.92 Å². The van der Waals surface area contributed by atoms with Crippen molar-refractivity contribution in [3.63, 3.8) is 0 Å². The summed E-state index contributed by atoms with van der Waals surface area (Å²) in [6.07, 6.45) is 5.22. The van der Waals surface area contributed by atoms with Gasteiger partial charge in [0, 0.05) is 12.6 Å². The van der Waals surface area contributed by atoms with Crippen molar-refractivity contribution >= 4 is 36.7 Å². The number of sulfonamides is 1. The molecule has 7 heteroatoms. The highest BCUT2D eigenvalue weighted by Crippen LogP contribution is 2.31. The number of nitrogens with zero attached hydrogens (tertiary/aromatic N) is 1. The van der Waals surface area contributed by atoms with Crippen molar-refractivity contribution in [1.82, 2.24) is 9.71 Å². The number of aromatic nitrogens is 1. The molecule has 2 aromatic rings. The fraction of sp³-hybridized carbons (Fsp3) is 0.650. The summed E-state index contributed by atoms with van der Waals surface area (Å²) in [6.45, 7) is 7.92. The quantitative estimate of drug-likeness (QED) is 0.734. The van der Waals surface area contributed by atoms with E-state index in [1.54, 1.807) is 32.1 Å². The minimum atomic E-state index is -3.25. The van der Waals surface area contributed by atoms with Gasteiger partial charge in [-0.05, 0) is 76.5 Å². The fourth-order valence-electron chi connectivity index (χ4n) is 3.38. The third-order valence-corrected chi connectivity index (χ3v) is 8.51. The Morgan fingerprint density at radius 2 is 1.89 bits per heavy atom. The third-order valence-electron chi connectivity index (χ3n) is 5.40. The summed E-state index contributed by atoms with van der Waals surface area (Å²) in [7, 11) is -3.25. The van der Waals surface area contributed by atoms with E-state index < -0.39 is 14.8 Å². The van der Waals surface area contributed by atoms with Crippen molar-refractivity contribution in [3.8, 4) is 0 Å². The van der Waals surface area contributed by atoms with Gasteiger partial charge in [0.05, 0.1) is 15.0 Å². The van der Waals surface area contributed by atoms with Crippen LogP contribution in [0.1, 0.15) is 58.9 Å². The first-order chi connectivity index (χ1) is 12.7. The molecule has 0 saturated heterocycles. The molecule has 5 nitrogen and oxygen atoms in total. The van der Waals surface area contributed by atoms with Gasteiger partial charge in [0.2, 0.25) is 10.0 Å². The molecule has 1 aromatic carbocycles. The van der Waals surface area contributed by atoms with Crippen LogP contribution in [0, 0.1) is 5.92 Å². The number of benzene rings is 1. The molecule has 0 spiro atoms. The standard InChI is InChI=1S/C20H31N3O2S2/c1-5-14-8-11-17-18(12-14)26-19(23-17)22-16-9-6-15(7-10-16)13-21-27(24,25)20(2,3)4/h8,11-12,15-16,21H,5-7,9-10,13H2,1-4H3,(H,22,23)/t15-,16-. The molecule has 27 heavy (non-hydrogen) atoms. The predicted molar refractivity (Wildman–Crippen MR) is 115 cm³/mol. The van der Waals surface area contributed by atoms with Gasteiger partial charge in [-0.15, -0.1) is 0 Å². The number of hydrogen-bond acceptors (Lipinski definition) is 5. The van der Waals surface area contributed by atoms with Crippen LogP contribution in [0.4, 0.5) is 5.13 Å². The summed E-state index contributed by atoms with van der Waals surface area (Å²) in [6, 6.07) is 6.91. The van der Waals surface area contributed by atoms with E-state index in [1.807, 2.05) is 0 Å². The molecule has 0 radical (unpaired) electrons. The van der Waals surface area contributed by atoms with E-state index in [0.29, 0.717) is 18.5 Å². The van der Waals surface area contributed by atoms with E-state index in [9.17, 15) is 8.42 Å². The van der Waals surface area contributed by atoms with Crippen LogP contribution < -0.4 is 10.0 Å². The predicted octanol–water partition coefficient (Wildman–Crippen LogP) is 4.55. The highest BCUT2D eigenvalue weighted by atomic mass is 32.2. The Hall–Kier alpha value is -1.18. The van der Waals surface area contributed by atoms with Crippen molar-refractivity contribution in [2.75, 3.05) is 11.9 Å². The van der Waals surface area contributed by atoms with Crippen LogP contribution >= 0.6 is 11.3 Å². The molecule has 0 amide bonds. The highest BCUT2D eigenvalue weighted by molar-refractivity contribution is 7.90. The lowest BCUT2D eigenvalue weighted by molar-refractivity contribution is 0.336. The average molecular weight is 410 g/mol. The number of fused-ring (bicyclic) bond motifs is 1. The number of aryl methyl sites for hydroxylation is 1. The molecule has 150 valence electrons. The number of hydrogen-bond donors (Lipinski definition) is 2. The van der Waals surface area contributed by atoms with E-state index >= 15 is 0 Å². The van der Waals surface area contributed by atoms with Crippen LogP contribution in [0.15, 0.2) is 18.2 Å². The number of anilines is 1. The molecular weight excluding hydrogens is 378 g/mol. The number of rotatable bonds is 6. The van der Waals surface area contributed by atoms with Crippen LogP contribution in [-0.2, 0) is 16.4 Å². The highest BCUT2D eigenvalue weighted by Gasteiger charge is 2.30. The third kappa shape index (κ3) is 5.00. The molecule has 1 aliphatic rings. The van der Waals surface area contributed by atoms with E-state index in [0.717, 1.165) is 42.8 Å². The Balaban J connectivity index is 1.51. The van der Waals surface area contributed by atoms with E-state index in [1.165, 1.54) is 10.3 Å². The van der Waals surface area contributed by atoms with E-state index in [4.69, 9.17) is 4.98 Å². The van der Waals surface area contributed by atoms with Gasteiger partial charge in [-0.2, -0.15) is 0 Å². The van der Waals surface area contributed by atoms with Gasteiger partial charge in [0.15, 0.2) is 5.13 Å². The van der Waals surface area contributed by atoms with Gasteiger partial charge in [-0.3, -0.25) is 0 Å². The van der Waals surface area contributed by atoms with Gasteiger partial charge in [0.1, 0.15) is 0 Å². The Labute approximate surface area is 167 Å². The van der Waals surface area contributed by atoms with Crippen LogP contribution in [0.3, 0.4) is 0 Å². The Bertz CT molecular complexity index is 876. The topological polar surface area (TPSA) is 71.1 Å². The van der Waals surface area contributed by atoms with Crippen LogP contribution in [-0.4, -0.2) is 30.7 Å². The monoisotopic (exact) mass is 409 g/mol. The van der Waals surface area contributed by atoms with Crippen LogP contribution in [0.25, 0.3) is 10.2 Å². The summed E-state index contributed by atoms with van der Waals surface area (Å²) < 4.78 is 27.7. The lowest BCUT2D eigenvalue weighted by Crippen LogP contribution is -2.42. The fourth-order valence-corrected chi connectivity index (χ4v) is 5.27. The minimum Gasteiger partial charge on any atom is -0.359 e. The lowest BCUT2D eigenvalue weighted by Gasteiger charge is -2.30. The SMILES string of the molecule is CCc1ccc2nc(N[C@H]3CC[C@H](CNS(=O)(=O)C(C)(C)C)CC3)sc2c1. The average Bonchev–Trinajstić information content (AvgIpc) is 3.01.